The molecule has 0 saturated carbocycles. The Bertz CT molecular complexity index is 809. The van der Waals surface area contributed by atoms with Crippen molar-refractivity contribution in [1.29, 1.82) is 0 Å². The van der Waals surface area contributed by atoms with Crippen molar-refractivity contribution in [3.8, 4) is 5.75 Å². The van der Waals surface area contributed by atoms with Gasteiger partial charge in [-0.15, -0.1) is 0 Å². The lowest BCUT2D eigenvalue weighted by Gasteiger charge is -2.12. The number of methoxy groups -OCH3 is 1. The molecule has 0 fully saturated rings. The lowest BCUT2D eigenvalue weighted by molar-refractivity contribution is -0.133. The van der Waals surface area contributed by atoms with Crippen LogP contribution in [0.1, 0.15) is 5.56 Å². The summed E-state index contributed by atoms with van der Waals surface area (Å²) in [6, 6.07) is 7.87. The molecule has 0 aliphatic rings. The Kier molecular flexibility index (Phi) is 5.94. The zero-order chi connectivity index (χ0) is 17.9. The molecule has 0 aliphatic carbocycles. The first-order chi connectivity index (χ1) is 11.3. The summed E-state index contributed by atoms with van der Waals surface area (Å²) in [5, 5.41) is 5.78. The number of halogens is 3. The normalized spacial score (nSPS) is 10.2. The van der Waals surface area contributed by atoms with E-state index in [1.54, 1.807) is 31.2 Å². The fourth-order valence-electron chi connectivity index (χ4n) is 1.89. The van der Waals surface area contributed by atoms with Crippen molar-refractivity contribution in [1.82, 2.24) is 0 Å². The van der Waals surface area contributed by atoms with E-state index in [0.29, 0.717) is 16.5 Å². The molecule has 0 spiro atoms. The maximum absolute atomic E-state index is 12.1. The molecule has 2 amide bonds. The number of rotatable bonds is 3. The molecular formula is C16H13Cl3N2O3. The summed E-state index contributed by atoms with van der Waals surface area (Å²) in [5.41, 5.74) is 1.30. The standard InChI is InChI=1S/C16H13Cl3N2O3/c1-8-6-12(13(24-2)7-10(8)18)21-16(23)15(22)20-11-5-3-4-9(17)14(11)19/h3-7H,1-2H3,(H,20,22)(H,21,23). The fourth-order valence-corrected chi connectivity index (χ4v) is 2.39. The van der Waals surface area contributed by atoms with Crippen molar-refractivity contribution in [2.75, 3.05) is 17.7 Å². The Morgan fingerprint density at radius 2 is 1.58 bits per heavy atom. The number of hydrogen-bond acceptors (Lipinski definition) is 3. The number of carbonyl (C=O) groups is 2. The van der Waals surface area contributed by atoms with E-state index in [0.717, 1.165) is 5.56 Å². The Morgan fingerprint density at radius 3 is 2.21 bits per heavy atom. The van der Waals surface area contributed by atoms with E-state index >= 15 is 0 Å². The van der Waals surface area contributed by atoms with E-state index in [4.69, 9.17) is 39.5 Å². The number of nitrogens with one attached hydrogen (secondary N) is 2. The van der Waals surface area contributed by atoms with Gasteiger partial charge in [0.25, 0.3) is 0 Å². The molecule has 2 N–H and O–H groups in total. The van der Waals surface area contributed by atoms with Crippen molar-refractivity contribution in [3.63, 3.8) is 0 Å². The van der Waals surface area contributed by atoms with Crippen molar-refractivity contribution >= 4 is 58.0 Å². The third-order valence-electron chi connectivity index (χ3n) is 3.13. The zero-order valence-electron chi connectivity index (χ0n) is 12.7. The van der Waals surface area contributed by atoms with Gasteiger partial charge in [0.15, 0.2) is 0 Å². The molecule has 0 heterocycles. The molecule has 2 aromatic carbocycles. The van der Waals surface area contributed by atoms with Crippen LogP contribution in [-0.2, 0) is 9.59 Å². The highest BCUT2D eigenvalue weighted by Crippen LogP contribution is 2.31. The van der Waals surface area contributed by atoms with E-state index in [9.17, 15) is 9.59 Å². The van der Waals surface area contributed by atoms with Gasteiger partial charge in [0.2, 0.25) is 0 Å². The number of ether oxygens (including phenoxy) is 1. The van der Waals surface area contributed by atoms with Crippen LogP contribution in [0, 0.1) is 6.92 Å². The molecule has 0 bridgehead atoms. The molecule has 0 aromatic heterocycles. The van der Waals surface area contributed by atoms with Gasteiger partial charge < -0.3 is 15.4 Å². The largest absolute Gasteiger partial charge is 0.495 e. The summed E-state index contributed by atoms with van der Waals surface area (Å²) >= 11 is 17.8. The van der Waals surface area contributed by atoms with E-state index in [1.807, 2.05) is 0 Å². The predicted octanol–water partition coefficient (Wildman–Crippen LogP) is 4.54. The van der Waals surface area contributed by atoms with Crippen molar-refractivity contribution < 1.29 is 14.3 Å². The molecule has 0 atom stereocenters. The van der Waals surface area contributed by atoms with Gasteiger partial charge in [0, 0.05) is 11.1 Å². The van der Waals surface area contributed by atoms with E-state index in [-0.39, 0.29) is 15.7 Å². The van der Waals surface area contributed by atoms with Gasteiger partial charge in [-0.2, -0.15) is 0 Å². The Morgan fingerprint density at radius 1 is 0.958 bits per heavy atom. The number of benzene rings is 2. The monoisotopic (exact) mass is 386 g/mol. The van der Waals surface area contributed by atoms with Gasteiger partial charge in [-0.3, -0.25) is 9.59 Å². The second-order valence-corrected chi connectivity index (χ2v) is 6.00. The molecule has 8 heteroatoms. The van der Waals surface area contributed by atoms with Crippen molar-refractivity contribution in [2.45, 2.75) is 6.92 Å². The van der Waals surface area contributed by atoms with Gasteiger partial charge in [0.1, 0.15) is 5.75 Å². The highest BCUT2D eigenvalue weighted by molar-refractivity contribution is 6.47. The molecule has 5 nitrogen and oxygen atoms in total. The Hall–Kier alpha value is -1.95. The highest BCUT2D eigenvalue weighted by atomic mass is 35.5. The third kappa shape index (κ3) is 4.12. The van der Waals surface area contributed by atoms with Crippen LogP contribution in [-0.4, -0.2) is 18.9 Å². The van der Waals surface area contributed by atoms with Crippen molar-refractivity contribution in [2.24, 2.45) is 0 Å². The Balaban J connectivity index is 2.16. The van der Waals surface area contributed by atoms with Gasteiger partial charge in [-0.25, -0.2) is 0 Å². The molecule has 0 saturated heterocycles. The van der Waals surface area contributed by atoms with Crippen LogP contribution in [0.2, 0.25) is 15.1 Å². The second kappa shape index (κ2) is 7.75. The fraction of sp³-hybridized carbons (Fsp3) is 0.125. The average molecular weight is 388 g/mol. The zero-order valence-corrected chi connectivity index (χ0v) is 15.0. The lowest BCUT2D eigenvalue weighted by atomic mass is 10.2. The lowest BCUT2D eigenvalue weighted by Crippen LogP contribution is -2.29. The molecule has 126 valence electrons. The number of anilines is 2. The second-order valence-electron chi connectivity index (χ2n) is 4.81. The smallest absolute Gasteiger partial charge is 0.314 e. The van der Waals surface area contributed by atoms with Crippen LogP contribution >= 0.6 is 34.8 Å². The number of aryl methyl sites for hydroxylation is 1. The minimum absolute atomic E-state index is 0.153. The van der Waals surface area contributed by atoms with Crippen molar-refractivity contribution in [3.05, 3.63) is 51.0 Å². The van der Waals surface area contributed by atoms with E-state index < -0.39 is 11.8 Å². The number of hydrogen-bond donors (Lipinski definition) is 2. The van der Waals surface area contributed by atoms with Crippen LogP contribution in [0.5, 0.6) is 5.75 Å². The van der Waals surface area contributed by atoms with Gasteiger partial charge in [-0.05, 0) is 30.7 Å². The summed E-state index contributed by atoms with van der Waals surface area (Å²) in [5.74, 6) is -1.44. The van der Waals surface area contributed by atoms with E-state index in [1.165, 1.54) is 13.2 Å². The maximum Gasteiger partial charge on any atom is 0.314 e. The topological polar surface area (TPSA) is 67.4 Å². The summed E-state index contributed by atoms with van der Waals surface area (Å²) in [4.78, 5) is 24.1. The minimum atomic E-state index is -0.895. The molecule has 2 aromatic rings. The quantitative estimate of drug-likeness (QED) is 0.760. The first kappa shape index (κ1) is 18.4. The molecule has 0 unspecified atom stereocenters. The molecule has 0 radical (unpaired) electrons. The van der Waals surface area contributed by atoms with Crippen LogP contribution in [0.4, 0.5) is 11.4 Å². The molecule has 2 rings (SSSR count). The van der Waals surface area contributed by atoms with Gasteiger partial charge >= 0.3 is 11.8 Å². The molecule has 0 aliphatic heterocycles. The highest BCUT2D eigenvalue weighted by Gasteiger charge is 2.18. The summed E-state index contributed by atoms with van der Waals surface area (Å²) in [6.07, 6.45) is 0. The third-order valence-corrected chi connectivity index (χ3v) is 4.36. The summed E-state index contributed by atoms with van der Waals surface area (Å²) < 4.78 is 5.15. The first-order valence-electron chi connectivity index (χ1n) is 6.74. The van der Waals surface area contributed by atoms with Crippen LogP contribution in [0.25, 0.3) is 0 Å². The molecule has 24 heavy (non-hydrogen) atoms. The number of carbonyl (C=O) groups excluding carboxylic acids is 2. The van der Waals surface area contributed by atoms with Crippen LogP contribution in [0.15, 0.2) is 30.3 Å². The summed E-state index contributed by atoms with van der Waals surface area (Å²) in [6.45, 7) is 1.77. The molecular weight excluding hydrogens is 375 g/mol. The van der Waals surface area contributed by atoms with Crippen LogP contribution < -0.4 is 15.4 Å². The summed E-state index contributed by atoms with van der Waals surface area (Å²) in [7, 11) is 1.43. The maximum atomic E-state index is 12.1. The van der Waals surface area contributed by atoms with Gasteiger partial charge in [-0.1, -0.05) is 40.9 Å². The first-order valence-corrected chi connectivity index (χ1v) is 7.87. The number of amides is 2. The predicted molar refractivity (Wildman–Crippen MR) is 96.5 cm³/mol. The Labute approximate surface area is 153 Å². The SMILES string of the molecule is COc1cc(Cl)c(C)cc1NC(=O)C(=O)Nc1cccc(Cl)c1Cl. The van der Waals surface area contributed by atoms with Gasteiger partial charge in [0.05, 0.1) is 28.5 Å². The minimum Gasteiger partial charge on any atom is -0.495 e. The van der Waals surface area contributed by atoms with Crippen LogP contribution in [0.3, 0.4) is 0 Å². The average Bonchev–Trinajstić information content (AvgIpc) is 2.54. The van der Waals surface area contributed by atoms with E-state index in [2.05, 4.69) is 10.6 Å².